The smallest absolute Gasteiger partial charge is 0.272 e. The number of hydrogen-bond acceptors (Lipinski definition) is 3. The molecular weight excluding hydrogens is 192 g/mol. The van der Waals surface area contributed by atoms with Crippen molar-refractivity contribution in [2.75, 3.05) is 6.54 Å². The maximum atomic E-state index is 11.8. The zero-order chi connectivity index (χ0) is 10.8. The Morgan fingerprint density at radius 3 is 3.07 bits per heavy atom. The fourth-order valence-electron chi connectivity index (χ4n) is 1.74. The number of carbonyl (C=O) groups excluding carboxylic acids is 1. The number of aromatic nitrogens is 2. The van der Waals surface area contributed by atoms with E-state index < -0.39 is 0 Å². The molecule has 0 saturated carbocycles. The molecule has 15 heavy (non-hydrogen) atoms. The number of hydrogen-bond donors (Lipinski definition) is 3. The molecule has 1 aliphatic rings. The summed E-state index contributed by atoms with van der Waals surface area (Å²) in [6.07, 6.45) is 0.914. The van der Waals surface area contributed by atoms with Crippen molar-refractivity contribution in [1.29, 1.82) is 0 Å². The molecule has 2 heterocycles. The van der Waals surface area contributed by atoms with Crippen LogP contribution < -0.4 is 10.6 Å². The molecule has 0 saturated heterocycles. The highest BCUT2D eigenvalue weighted by Crippen LogP contribution is 2.15. The lowest BCUT2D eigenvalue weighted by Crippen LogP contribution is -2.32. The van der Waals surface area contributed by atoms with Gasteiger partial charge in [0, 0.05) is 36.8 Å². The van der Waals surface area contributed by atoms with Gasteiger partial charge in [-0.25, -0.2) is 0 Å². The molecule has 1 aromatic heterocycles. The number of aromatic amines is 1. The number of amides is 1. The van der Waals surface area contributed by atoms with Gasteiger partial charge >= 0.3 is 0 Å². The van der Waals surface area contributed by atoms with Crippen LogP contribution in [-0.2, 0) is 13.0 Å². The van der Waals surface area contributed by atoms with Crippen LogP contribution in [0.25, 0.3) is 0 Å². The minimum atomic E-state index is -0.0915. The first kappa shape index (κ1) is 10.2. The summed E-state index contributed by atoms with van der Waals surface area (Å²) in [5, 5.41) is 13.1. The van der Waals surface area contributed by atoms with Gasteiger partial charge in [-0.3, -0.25) is 9.89 Å². The lowest BCUT2D eigenvalue weighted by Gasteiger charge is -2.13. The molecule has 0 unspecified atom stereocenters. The van der Waals surface area contributed by atoms with Gasteiger partial charge in [0.1, 0.15) is 0 Å². The van der Waals surface area contributed by atoms with Gasteiger partial charge in [-0.05, 0) is 13.8 Å². The van der Waals surface area contributed by atoms with Crippen LogP contribution in [0.1, 0.15) is 35.6 Å². The standard InChI is InChI=1S/C10H16N4O/c1-6(2)12-10(15)9-7-5-11-4-3-8(7)13-14-9/h6,11H,3-5H2,1-2H3,(H,12,15)(H,13,14). The lowest BCUT2D eigenvalue weighted by molar-refractivity contribution is 0.0937. The molecule has 0 aliphatic carbocycles. The topological polar surface area (TPSA) is 69.8 Å². The number of H-pyrrole nitrogens is 1. The summed E-state index contributed by atoms with van der Waals surface area (Å²) in [4.78, 5) is 11.8. The number of fused-ring (bicyclic) bond motifs is 1. The summed E-state index contributed by atoms with van der Waals surface area (Å²) in [5.41, 5.74) is 2.63. The molecule has 5 nitrogen and oxygen atoms in total. The average molecular weight is 208 g/mol. The SMILES string of the molecule is CC(C)NC(=O)c1n[nH]c2c1CNCC2. The molecule has 5 heteroatoms. The van der Waals surface area contributed by atoms with Crippen LogP contribution in [0, 0.1) is 0 Å². The Kier molecular flexibility index (Phi) is 2.73. The maximum Gasteiger partial charge on any atom is 0.272 e. The van der Waals surface area contributed by atoms with Crippen molar-refractivity contribution >= 4 is 5.91 Å². The molecule has 0 aromatic carbocycles. The Hall–Kier alpha value is -1.36. The van der Waals surface area contributed by atoms with Crippen LogP contribution in [0.5, 0.6) is 0 Å². The second-order valence-corrected chi connectivity index (χ2v) is 4.08. The Labute approximate surface area is 88.6 Å². The number of nitrogens with one attached hydrogen (secondary N) is 3. The third-order valence-corrected chi connectivity index (χ3v) is 2.44. The van der Waals surface area contributed by atoms with Gasteiger partial charge < -0.3 is 10.6 Å². The van der Waals surface area contributed by atoms with Gasteiger partial charge in [-0.2, -0.15) is 5.10 Å². The first-order valence-corrected chi connectivity index (χ1v) is 5.26. The van der Waals surface area contributed by atoms with Crippen molar-refractivity contribution in [2.45, 2.75) is 32.9 Å². The molecule has 82 valence electrons. The Morgan fingerprint density at radius 1 is 1.53 bits per heavy atom. The molecule has 0 fully saturated rings. The van der Waals surface area contributed by atoms with Crippen molar-refractivity contribution in [3.63, 3.8) is 0 Å². The summed E-state index contributed by atoms with van der Waals surface area (Å²) in [7, 11) is 0. The van der Waals surface area contributed by atoms with Crippen molar-refractivity contribution in [1.82, 2.24) is 20.8 Å². The lowest BCUT2D eigenvalue weighted by atomic mass is 10.1. The summed E-state index contributed by atoms with van der Waals surface area (Å²) < 4.78 is 0. The molecule has 1 aliphatic heterocycles. The van der Waals surface area contributed by atoms with Crippen LogP contribution in [0.2, 0.25) is 0 Å². The second-order valence-electron chi connectivity index (χ2n) is 4.08. The molecule has 0 atom stereocenters. The fourth-order valence-corrected chi connectivity index (χ4v) is 1.74. The summed E-state index contributed by atoms with van der Waals surface area (Å²) in [6.45, 7) is 5.55. The third-order valence-electron chi connectivity index (χ3n) is 2.44. The van der Waals surface area contributed by atoms with E-state index in [0.717, 1.165) is 30.8 Å². The maximum absolute atomic E-state index is 11.8. The molecule has 3 N–H and O–H groups in total. The quantitative estimate of drug-likeness (QED) is 0.650. The zero-order valence-electron chi connectivity index (χ0n) is 9.05. The van der Waals surface area contributed by atoms with E-state index in [1.807, 2.05) is 13.8 Å². The van der Waals surface area contributed by atoms with Gasteiger partial charge in [0.15, 0.2) is 5.69 Å². The Morgan fingerprint density at radius 2 is 2.33 bits per heavy atom. The average Bonchev–Trinajstić information content (AvgIpc) is 2.59. The minimum absolute atomic E-state index is 0.0915. The minimum Gasteiger partial charge on any atom is -0.348 e. The van der Waals surface area contributed by atoms with Gasteiger partial charge in [-0.1, -0.05) is 0 Å². The van der Waals surface area contributed by atoms with Gasteiger partial charge in [0.25, 0.3) is 5.91 Å². The summed E-state index contributed by atoms with van der Waals surface area (Å²) >= 11 is 0. The van der Waals surface area contributed by atoms with E-state index >= 15 is 0 Å². The number of carbonyl (C=O) groups is 1. The predicted molar refractivity (Wildman–Crippen MR) is 56.6 cm³/mol. The van der Waals surface area contributed by atoms with E-state index in [4.69, 9.17) is 0 Å². The van der Waals surface area contributed by atoms with Crippen LogP contribution in [0.3, 0.4) is 0 Å². The highest BCUT2D eigenvalue weighted by Gasteiger charge is 2.21. The number of nitrogens with zero attached hydrogens (tertiary/aromatic N) is 1. The molecule has 0 bridgehead atoms. The molecule has 1 amide bonds. The van der Waals surface area contributed by atoms with E-state index in [1.54, 1.807) is 0 Å². The highest BCUT2D eigenvalue weighted by molar-refractivity contribution is 5.94. The van der Waals surface area contributed by atoms with E-state index in [9.17, 15) is 4.79 Å². The molecule has 0 spiro atoms. The van der Waals surface area contributed by atoms with Gasteiger partial charge in [0.2, 0.25) is 0 Å². The molecule has 1 aromatic rings. The second kappa shape index (κ2) is 4.02. The zero-order valence-corrected chi connectivity index (χ0v) is 9.05. The summed E-state index contributed by atoms with van der Waals surface area (Å²) in [6, 6.07) is 0.140. The van der Waals surface area contributed by atoms with Crippen molar-refractivity contribution in [3.05, 3.63) is 17.0 Å². The summed E-state index contributed by atoms with van der Waals surface area (Å²) in [5.74, 6) is -0.0915. The Balaban J connectivity index is 2.21. The van der Waals surface area contributed by atoms with Crippen LogP contribution in [-0.4, -0.2) is 28.7 Å². The van der Waals surface area contributed by atoms with E-state index in [0.29, 0.717) is 5.69 Å². The van der Waals surface area contributed by atoms with Crippen LogP contribution in [0.4, 0.5) is 0 Å². The van der Waals surface area contributed by atoms with Crippen LogP contribution in [0.15, 0.2) is 0 Å². The molecular formula is C10H16N4O. The first-order valence-electron chi connectivity index (χ1n) is 5.26. The monoisotopic (exact) mass is 208 g/mol. The van der Waals surface area contributed by atoms with E-state index in [2.05, 4.69) is 20.8 Å². The van der Waals surface area contributed by atoms with Crippen molar-refractivity contribution in [2.24, 2.45) is 0 Å². The normalized spacial score (nSPS) is 15.1. The van der Waals surface area contributed by atoms with Crippen molar-refractivity contribution in [3.8, 4) is 0 Å². The predicted octanol–water partition coefficient (Wildman–Crippen LogP) is 0.194. The van der Waals surface area contributed by atoms with Gasteiger partial charge in [0.05, 0.1) is 0 Å². The third kappa shape index (κ3) is 2.02. The highest BCUT2D eigenvalue weighted by atomic mass is 16.2. The number of rotatable bonds is 2. The fraction of sp³-hybridized carbons (Fsp3) is 0.600. The molecule has 2 rings (SSSR count). The van der Waals surface area contributed by atoms with Gasteiger partial charge in [-0.15, -0.1) is 0 Å². The first-order chi connectivity index (χ1) is 7.18. The Bertz CT molecular complexity index is 369. The van der Waals surface area contributed by atoms with E-state index in [1.165, 1.54) is 0 Å². The molecule has 0 radical (unpaired) electrons. The van der Waals surface area contributed by atoms with Crippen molar-refractivity contribution < 1.29 is 4.79 Å². The van der Waals surface area contributed by atoms with Crippen LogP contribution >= 0.6 is 0 Å². The van der Waals surface area contributed by atoms with E-state index in [-0.39, 0.29) is 11.9 Å². The largest absolute Gasteiger partial charge is 0.348 e.